The van der Waals surface area contributed by atoms with Gasteiger partial charge in [-0.15, -0.1) is 24.0 Å². The molecule has 0 unspecified atom stereocenters. The van der Waals surface area contributed by atoms with Crippen LogP contribution in [0.3, 0.4) is 0 Å². The van der Waals surface area contributed by atoms with Gasteiger partial charge in [-0.3, -0.25) is 9.67 Å². The van der Waals surface area contributed by atoms with E-state index in [-0.39, 0.29) is 24.0 Å². The normalized spacial score (nSPS) is 14.9. The lowest BCUT2D eigenvalue weighted by atomic mass is 9.97. The average Bonchev–Trinajstić information content (AvgIpc) is 2.94. The minimum absolute atomic E-state index is 0. The lowest BCUT2D eigenvalue weighted by Gasteiger charge is -2.13. The fourth-order valence-electron chi connectivity index (χ4n) is 2.66. The first-order valence-corrected chi connectivity index (χ1v) is 8.47. The maximum atomic E-state index is 4.67. The number of nitrogens with one attached hydrogen (secondary N) is 2. The number of guanidine groups is 1. The van der Waals surface area contributed by atoms with E-state index in [0.717, 1.165) is 38.6 Å². The van der Waals surface area contributed by atoms with Gasteiger partial charge in [0.05, 0.1) is 12.7 Å². The number of aliphatic imine (C=N–C) groups is 1. The molecule has 2 N–H and O–H groups in total. The van der Waals surface area contributed by atoms with Crippen molar-refractivity contribution in [1.82, 2.24) is 20.4 Å². The largest absolute Gasteiger partial charge is 0.357 e. The van der Waals surface area contributed by atoms with E-state index >= 15 is 0 Å². The second-order valence-electron chi connectivity index (χ2n) is 5.83. The third kappa shape index (κ3) is 7.85. The summed E-state index contributed by atoms with van der Waals surface area (Å²) in [6, 6.07) is 0. The zero-order valence-corrected chi connectivity index (χ0v) is 16.7. The molecule has 0 bridgehead atoms. The SMILES string of the molecule is CCNC(=NCCC1=CCCCC1)NCCn1cc(C)cn1.I. The fourth-order valence-corrected chi connectivity index (χ4v) is 2.66. The van der Waals surface area contributed by atoms with Crippen molar-refractivity contribution in [1.29, 1.82) is 0 Å². The lowest BCUT2D eigenvalue weighted by molar-refractivity contribution is 0.597. The van der Waals surface area contributed by atoms with Crippen molar-refractivity contribution in [2.75, 3.05) is 19.6 Å². The highest BCUT2D eigenvalue weighted by Crippen LogP contribution is 2.19. The summed E-state index contributed by atoms with van der Waals surface area (Å²) < 4.78 is 1.96. The number of hydrogen-bond donors (Lipinski definition) is 2. The second-order valence-corrected chi connectivity index (χ2v) is 5.83. The smallest absolute Gasteiger partial charge is 0.191 e. The van der Waals surface area contributed by atoms with Crippen molar-refractivity contribution in [3.05, 3.63) is 29.6 Å². The zero-order chi connectivity index (χ0) is 15.6. The molecule has 0 aromatic carbocycles. The fraction of sp³-hybridized carbons (Fsp3) is 0.647. The summed E-state index contributed by atoms with van der Waals surface area (Å²) in [6.45, 7) is 7.58. The molecule has 1 aromatic heterocycles. The molecule has 0 radical (unpaired) electrons. The van der Waals surface area contributed by atoms with Crippen LogP contribution >= 0.6 is 24.0 Å². The van der Waals surface area contributed by atoms with Crippen LogP contribution in [0.25, 0.3) is 0 Å². The van der Waals surface area contributed by atoms with Gasteiger partial charge in [-0.1, -0.05) is 11.6 Å². The molecule has 0 amide bonds. The maximum Gasteiger partial charge on any atom is 0.191 e. The number of rotatable bonds is 7. The van der Waals surface area contributed by atoms with Gasteiger partial charge in [0.25, 0.3) is 0 Å². The first-order chi connectivity index (χ1) is 10.8. The van der Waals surface area contributed by atoms with Crippen LogP contribution in [0.15, 0.2) is 29.0 Å². The van der Waals surface area contributed by atoms with Gasteiger partial charge in [0, 0.05) is 25.8 Å². The van der Waals surface area contributed by atoms with Gasteiger partial charge in [-0.05, 0) is 51.5 Å². The van der Waals surface area contributed by atoms with Crippen LogP contribution in [0.2, 0.25) is 0 Å². The number of aryl methyl sites for hydroxylation is 1. The van der Waals surface area contributed by atoms with Crippen molar-refractivity contribution in [3.8, 4) is 0 Å². The highest BCUT2D eigenvalue weighted by Gasteiger charge is 2.03. The highest BCUT2D eigenvalue weighted by molar-refractivity contribution is 14.0. The minimum atomic E-state index is 0. The van der Waals surface area contributed by atoms with E-state index in [4.69, 9.17) is 0 Å². The molecule has 0 fully saturated rings. The van der Waals surface area contributed by atoms with Crippen LogP contribution in [0, 0.1) is 6.92 Å². The molecule has 1 aliphatic rings. The van der Waals surface area contributed by atoms with Crippen molar-refractivity contribution < 1.29 is 0 Å². The summed E-state index contributed by atoms with van der Waals surface area (Å²) >= 11 is 0. The Hall–Kier alpha value is -1.05. The Balaban J connectivity index is 0.00000264. The van der Waals surface area contributed by atoms with Crippen molar-refractivity contribution in [2.45, 2.75) is 52.5 Å². The average molecular weight is 431 g/mol. The Morgan fingerprint density at radius 1 is 1.35 bits per heavy atom. The molecule has 0 saturated heterocycles. The van der Waals surface area contributed by atoms with Gasteiger partial charge >= 0.3 is 0 Å². The summed E-state index contributed by atoms with van der Waals surface area (Å²) in [5.74, 6) is 0.905. The van der Waals surface area contributed by atoms with Gasteiger partial charge in [-0.2, -0.15) is 5.10 Å². The Morgan fingerprint density at radius 3 is 2.87 bits per heavy atom. The first-order valence-electron chi connectivity index (χ1n) is 8.47. The third-order valence-electron chi connectivity index (χ3n) is 3.83. The summed E-state index contributed by atoms with van der Waals surface area (Å²) in [6.07, 6.45) is 12.6. The molecule has 130 valence electrons. The molecule has 1 aromatic rings. The van der Waals surface area contributed by atoms with E-state index in [2.05, 4.69) is 46.8 Å². The molecule has 0 spiro atoms. The molecule has 0 aliphatic heterocycles. The van der Waals surface area contributed by atoms with Crippen LogP contribution in [0.1, 0.15) is 44.6 Å². The number of allylic oxidation sites excluding steroid dienone is 1. The number of halogens is 1. The van der Waals surface area contributed by atoms with Crippen LogP contribution in [0.4, 0.5) is 0 Å². The van der Waals surface area contributed by atoms with Crippen molar-refractivity contribution in [2.24, 2.45) is 4.99 Å². The number of nitrogens with zero attached hydrogens (tertiary/aromatic N) is 3. The summed E-state index contributed by atoms with van der Waals surface area (Å²) in [7, 11) is 0. The first kappa shape index (κ1) is 20.0. The molecule has 1 heterocycles. The van der Waals surface area contributed by atoms with E-state index in [1.807, 2.05) is 10.9 Å². The third-order valence-corrected chi connectivity index (χ3v) is 3.83. The summed E-state index contributed by atoms with van der Waals surface area (Å²) in [4.78, 5) is 4.67. The monoisotopic (exact) mass is 431 g/mol. The van der Waals surface area contributed by atoms with Crippen molar-refractivity contribution in [3.63, 3.8) is 0 Å². The number of aromatic nitrogens is 2. The van der Waals surface area contributed by atoms with Crippen LogP contribution in [-0.4, -0.2) is 35.4 Å². The predicted octanol–water partition coefficient (Wildman–Crippen LogP) is 3.26. The molecule has 6 heteroatoms. The van der Waals surface area contributed by atoms with Crippen LogP contribution < -0.4 is 10.6 Å². The van der Waals surface area contributed by atoms with Gasteiger partial charge in [-0.25, -0.2) is 0 Å². The van der Waals surface area contributed by atoms with E-state index in [1.165, 1.54) is 31.2 Å². The Bertz CT molecular complexity index is 507. The minimum Gasteiger partial charge on any atom is -0.357 e. The van der Waals surface area contributed by atoms with Crippen molar-refractivity contribution >= 4 is 29.9 Å². The number of hydrogen-bond acceptors (Lipinski definition) is 2. The maximum absolute atomic E-state index is 4.67. The quantitative estimate of drug-likeness (QED) is 0.302. The predicted molar refractivity (Wildman–Crippen MR) is 108 cm³/mol. The molecule has 0 saturated carbocycles. The van der Waals surface area contributed by atoms with Gasteiger partial charge in [0.1, 0.15) is 0 Å². The van der Waals surface area contributed by atoms with Crippen LogP contribution in [-0.2, 0) is 6.54 Å². The molecular weight excluding hydrogens is 401 g/mol. The van der Waals surface area contributed by atoms with Gasteiger partial charge in [0.15, 0.2) is 5.96 Å². The van der Waals surface area contributed by atoms with E-state index in [1.54, 1.807) is 5.57 Å². The van der Waals surface area contributed by atoms with E-state index in [9.17, 15) is 0 Å². The van der Waals surface area contributed by atoms with Crippen LogP contribution in [0.5, 0.6) is 0 Å². The van der Waals surface area contributed by atoms with Gasteiger partial charge in [0.2, 0.25) is 0 Å². The summed E-state index contributed by atoms with van der Waals surface area (Å²) in [5.41, 5.74) is 2.78. The Kier molecular flexibility index (Phi) is 9.98. The molecule has 23 heavy (non-hydrogen) atoms. The summed E-state index contributed by atoms with van der Waals surface area (Å²) in [5, 5.41) is 11.0. The topological polar surface area (TPSA) is 54.2 Å². The molecule has 2 rings (SSSR count). The molecule has 5 nitrogen and oxygen atoms in total. The molecule has 0 atom stereocenters. The lowest BCUT2D eigenvalue weighted by Crippen LogP contribution is -2.39. The van der Waals surface area contributed by atoms with E-state index < -0.39 is 0 Å². The Labute approximate surface area is 157 Å². The molecular formula is C17H30IN5. The standard InChI is InChI=1S/C17H29N5.HI/c1-3-18-17(19-10-9-16-7-5-4-6-8-16)20-11-12-22-14-15(2)13-21-22;/h7,13-14H,3-6,8-12H2,1-2H3,(H2,18,19,20);1H. The molecule has 1 aliphatic carbocycles. The zero-order valence-electron chi connectivity index (χ0n) is 14.3. The second kappa shape index (κ2) is 11.5. The van der Waals surface area contributed by atoms with Gasteiger partial charge < -0.3 is 10.6 Å². The van der Waals surface area contributed by atoms with E-state index in [0.29, 0.717) is 0 Å². The highest BCUT2D eigenvalue weighted by atomic mass is 127. The Morgan fingerprint density at radius 2 is 2.22 bits per heavy atom.